The highest BCUT2D eigenvalue weighted by molar-refractivity contribution is 5.54. The number of ether oxygens (including phenoxy) is 1. The fourth-order valence-corrected chi connectivity index (χ4v) is 2.52. The molecule has 0 amide bonds. The largest absolute Gasteiger partial charge is 0.491 e. The van der Waals surface area contributed by atoms with Crippen LogP contribution in [0.3, 0.4) is 0 Å². The Morgan fingerprint density at radius 3 is 1.65 bits per heavy atom. The minimum Gasteiger partial charge on any atom is -0.491 e. The molecule has 0 aliphatic carbocycles. The molecule has 0 aliphatic heterocycles. The molecule has 1 unspecified atom stereocenters. The molecule has 0 radical (unpaired) electrons. The molecule has 0 saturated carbocycles. The van der Waals surface area contributed by atoms with Gasteiger partial charge in [0.2, 0.25) is 5.83 Å². The van der Waals surface area contributed by atoms with Gasteiger partial charge in [0.05, 0.1) is 6.61 Å². The molecule has 0 spiro atoms. The summed E-state index contributed by atoms with van der Waals surface area (Å²) in [5.74, 6) is -5.16. The van der Waals surface area contributed by atoms with E-state index in [1.165, 1.54) is 12.2 Å². The average molecular weight is 477 g/mol. The Balaban J connectivity index is 5.33. The zero-order valence-electron chi connectivity index (χ0n) is 20.6. The van der Waals surface area contributed by atoms with Crippen molar-refractivity contribution in [2.45, 2.75) is 40.0 Å². The van der Waals surface area contributed by atoms with Crippen molar-refractivity contribution in [3.63, 3.8) is 0 Å². The maximum atomic E-state index is 14.6. The zero-order chi connectivity index (χ0) is 26.6. The molecule has 0 fully saturated rings. The van der Waals surface area contributed by atoms with Crippen LogP contribution in [0.25, 0.3) is 0 Å². The van der Waals surface area contributed by atoms with Crippen LogP contribution in [0.5, 0.6) is 0 Å². The van der Waals surface area contributed by atoms with Crippen LogP contribution in [0.4, 0.5) is 17.6 Å². The molecule has 186 valence electrons. The summed E-state index contributed by atoms with van der Waals surface area (Å²) in [5, 5.41) is 0. The van der Waals surface area contributed by atoms with E-state index in [9.17, 15) is 17.6 Å². The fraction of sp³-hybridized carbons (Fsp3) is 0.310. The highest BCUT2D eigenvalue weighted by atomic mass is 19.2. The summed E-state index contributed by atoms with van der Waals surface area (Å²) in [6, 6.07) is 0. The minimum absolute atomic E-state index is 0.0166. The molecule has 0 aromatic carbocycles. The van der Waals surface area contributed by atoms with Gasteiger partial charge in [-0.1, -0.05) is 84.9 Å². The van der Waals surface area contributed by atoms with Crippen LogP contribution in [-0.4, -0.2) is 6.61 Å². The van der Waals surface area contributed by atoms with Crippen molar-refractivity contribution < 1.29 is 22.3 Å². The zero-order valence-corrected chi connectivity index (χ0v) is 20.6. The van der Waals surface area contributed by atoms with Gasteiger partial charge in [-0.2, -0.15) is 4.39 Å². The van der Waals surface area contributed by atoms with Gasteiger partial charge in [0.1, 0.15) is 0 Å². The standard InChI is InChI=1S/C29H36F4O/c1-11-12-17-34-25(10)29(33)28(32)24(9)21(6)16-15-20(5)23(8)27(31)26(30)22(7)19(4)14-13-18(2)3/h11,15-16,18-19H,1,5-10,12-14,17H2,2-4H3/b16-15-,27-26-,29-28-. The van der Waals surface area contributed by atoms with Gasteiger partial charge in [0, 0.05) is 11.1 Å². The smallest absolute Gasteiger partial charge is 0.200 e. The Morgan fingerprint density at radius 2 is 1.21 bits per heavy atom. The summed E-state index contributed by atoms with van der Waals surface area (Å²) < 4.78 is 62.8. The lowest BCUT2D eigenvalue weighted by atomic mass is 9.92. The minimum atomic E-state index is -1.31. The highest BCUT2D eigenvalue weighted by Gasteiger charge is 2.19. The number of hydrogen-bond donors (Lipinski definition) is 0. The summed E-state index contributed by atoms with van der Waals surface area (Å²) >= 11 is 0. The van der Waals surface area contributed by atoms with E-state index in [2.05, 4.69) is 46.1 Å². The molecule has 34 heavy (non-hydrogen) atoms. The Kier molecular flexibility index (Phi) is 13.6. The van der Waals surface area contributed by atoms with E-state index in [4.69, 9.17) is 4.74 Å². The SMILES string of the molecule is C=CCCOC(=C)/C(F)=C(/F)C(=C)C(=C)/C=C\C(=C)C(=C)/C(F)=C(/F)C(=C)C(C)CCC(C)C. The van der Waals surface area contributed by atoms with Gasteiger partial charge in [-0.3, -0.25) is 0 Å². The number of rotatable bonds is 16. The molecule has 0 heterocycles. The fourth-order valence-electron chi connectivity index (χ4n) is 2.52. The lowest BCUT2D eigenvalue weighted by Crippen LogP contribution is -2.03. The summed E-state index contributed by atoms with van der Waals surface area (Å²) in [6.07, 6.45) is 6.03. The van der Waals surface area contributed by atoms with Gasteiger partial charge in [0.25, 0.3) is 0 Å². The predicted octanol–water partition coefficient (Wildman–Crippen LogP) is 9.80. The number of hydrogen-bond acceptors (Lipinski definition) is 1. The van der Waals surface area contributed by atoms with Crippen molar-refractivity contribution in [3.8, 4) is 0 Å². The third-order valence-corrected chi connectivity index (χ3v) is 5.07. The molecule has 0 rings (SSSR count). The van der Waals surface area contributed by atoms with Crippen LogP contribution in [0, 0.1) is 11.8 Å². The van der Waals surface area contributed by atoms with Crippen molar-refractivity contribution in [2.75, 3.05) is 6.61 Å². The van der Waals surface area contributed by atoms with Crippen molar-refractivity contribution in [1.82, 2.24) is 0 Å². The third-order valence-electron chi connectivity index (χ3n) is 5.07. The van der Waals surface area contributed by atoms with Crippen LogP contribution in [-0.2, 0) is 4.74 Å². The van der Waals surface area contributed by atoms with Gasteiger partial charge in [-0.25, -0.2) is 13.2 Å². The third kappa shape index (κ3) is 9.82. The Hall–Kier alpha value is -3.08. The van der Waals surface area contributed by atoms with Gasteiger partial charge in [-0.05, 0) is 41.4 Å². The van der Waals surface area contributed by atoms with E-state index in [-0.39, 0.29) is 40.4 Å². The van der Waals surface area contributed by atoms with Gasteiger partial charge < -0.3 is 4.74 Å². The van der Waals surface area contributed by atoms with Gasteiger partial charge >= 0.3 is 0 Å². The first kappa shape index (κ1) is 30.9. The van der Waals surface area contributed by atoms with Crippen molar-refractivity contribution in [3.05, 3.63) is 121 Å². The molecule has 0 N–H and O–H groups in total. The van der Waals surface area contributed by atoms with E-state index in [1.807, 2.05) is 13.8 Å². The molecule has 0 aromatic rings. The first-order chi connectivity index (χ1) is 15.8. The lowest BCUT2D eigenvalue weighted by Gasteiger charge is -2.16. The highest BCUT2D eigenvalue weighted by Crippen LogP contribution is 2.32. The van der Waals surface area contributed by atoms with Crippen LogP contribution in [0.15, 0.2) is 121 Å². The second kappa shape index (κ2) is 14.9. The van der Waals surface area contributed by atoms with Crippen molar-refractivity contribution in [1.29, 1.82) is 0 Å². The van der Waals surface area contributed by atoms with E-state index < -0.39 is 29.1 Å². The summed E-state index contributed by atoms with van der Waals surface area (Å²) in [4.78, 5) is 0. The first-order valence-electron chi connectivity index (χ1n) is 10.9. The predicted molar refractivity (Wildman–Crippen MR) is 136 cm³/mol. The number of halogens is 4. The molecular weight excluding hydrogens is 440 g/mol. The maximum absolute atomic E-state index is 14.6. The van der Waals surface area contributed by atoms with E-state index in [1.54, 1.807) is 13.0 Å². The van der Waals surface area contributed by atoms with Crippen molar-refractivity contribution >= 4 is 0 Å². The molecule has 0 aromatic heterocycles. The van der Waals surface area contributed by atoms with Gasteiger partial charge in [-0.15, -0.1) is 6.58 Å². The molecule has 5 heteroatoms. The molecular formula is C29H36F4O. The quantitative estimate of drug-likeness (QED) is 0.0708. The average Bonchev–Trinajstić information content (AvgIpc) is 2.81. The Bertz CT molecular complexity index is 941. The molecule has 0 bridgehead atoms. The topological polar surface area (TPSA) is 9.23 Å². The molecule has 0 aliphatic rings. The normalized spacial score (nSPS) is 13.6. The molecule has 0 saturated heterocycles. The van der Waals surface area contributed by atoms with Crippen LogP contribution in [0.2, 0.25) is 0 Å². The van der Waals surface area contributed by atoms with Crippen LogP contribution >= 0.6 is 0 Å². The Labute approximate surface area is 202 Å². The maximum Gasteiger partial charge on any atom is 0.200 e. The van der Waals surface area contributed by atoms with Crippen molar-refractivity contribution in [2.24, 2.45) is 11.8 Å². The molecule has 1 nitrogen and oxygen atoms in total. The summed E-state index contributed by atoms with van der Waals surface area (Å²) in [6.45, 7) is 30.8. The second-order valence-electron chi connectivity index (χ2n) is 8.34. The van der Waals surface area contributed by atoms with E-state index in [0.717, 1.165) is 6.42 Å². The van der Waals surface area contributed by atoms with Gasteiger partial charge in [0.15, 0.2) is 23.2 Å². The van der Waals surface area contributed by atoms with Crippen LogP contribution < -0.4 is 0 Å². The van der Waals surface area contributed by atoms with E-state index >= 15 is 0 Å². The number of allylic oxidation sites excluding steroid dienone is 11. The molecule has 1 atom stereocenters. The van der Waals surface area contributed by atoms with Crippen LogP contribution in [0.1, 0.15) is 40.0 Å². The Morgan fingerprint density at radius 1 is 0.735 bits per heavy atom. The summed E-state index contributed by atoms with van der Waals surface area (Å²) in [7, 11) is 0. The van der Waals surface area contributed by atoms with E-state index in [0.29, 0.717) is 18.8 Å². The summed E-state index contributed by atoms with van der Waals surface area (Å²) in [5.41, 5.74) is -0.610. The second-order valence-corrected chi connectivity index (χ2v) is 8.34. The first-order valence-corrected chi connectivity index (χ1v) is 10.9. The lowest BCUT2D eigenvalue weighted by molar-refractivity contribution is 0.213. The monoisotopic (exact) mass is 476 g/mol.